The first-order valence-corrected chi connectivity index (χ1v) is 6.02. The zero-order chi connectivity index (χ0) is 13.3. The minimum absolute atomic E-state index is 0.0143. The van der Waals surface area contributed by atoms with Crippen molar-refractivity contribution in [1.82, 2.24) is 14.7 Å². The Labute approximate surface area is 106 Å². The van der Waals surface area contributed by atoms with E-state index in [1.165, 1.54) is 4.90 Å². The van der Waals surface area contributed by atoms with Crippen LogP contribution in [0.15, 0.2) is 0 Å². The quantitative estimate of drug-likeness (QED) is 0.724. The first-order chi connectivity index (χ1) is 8.54. The van der Waals surface area contributed by atoms with Gasteiger partial charge in [0.2, 0.25) is 0 Å². The minimum Gasteiger partial charge on any atom is -0.465 e. The molecule has 98 valence electrons. The Kier molecular flexibility index (Phi) is 3.36. The molecule has 0 radical (unpaired) electrons. The molecule has 0 fully saturated rings. The molecule has 0 atom stereocenters. The van der Waals surface area contributed by atoms with Gasteiger partial charge in [0.1, 0.15) is 6.54 Å². The fourth-order valence-corrected chi connectivity index (χ4v) is 2.14. The van der Waals surface area contributed by atoms with E-state index >= 15 is 0 Å². The molecule has 0 spiro atoms. The fraction of sp³-hybridized carbons (Fsp3) is 0.583. The van der Waals surface area contributed by atoms with Crippen molar-refractivity contribution in [1.29, 1.82) is 0 Å². The van der Waals surface area contributed by atoms with Crippen LogP contribution in [0.5, 0.6) is 0 Å². The van der Waals surface area contributed by atoms with Crippen LogP contribution in [0.25, 0.3) is 0 Å². The third-order valence-electron chi connectivity index (χ3n) is 3.15. The summed E-state index contributed by atoms with van der Waals surface area (Å²) in [6.45, 7) is 4.47. The molecule has 0 N–H and O–H groups in total. The molecule has 1 aliphatic heterocycles. The lowest BCUT2D eigenvalue weighted by Gasteiger charge is -2.25. The van der Waals surface area contributed by atoms with Crippen LogP contribution in [0.1, 0.15) is 28.7 Å². The van der Waals surface area contributed by atoms with Crippen LogP contribution >= 0.6 is 0 Å². The molecule has 6 nitrogen and oxygen atoms in total. The average Bonchev–Trinajstić information content (AvgIpc) is 2.60. The first-order valence-electron chi connectivity index (χ1n) is 6.02. The first kappa shape index (κ1) is 12.6. The number of hydrogen-bond acceptors (Lipinski definition) is 4. The minimum atomic E-state index is -0.365. The van der Waals surface area contributed by atoms with Gasteiger partial charge < -0.3 is 9.64 Å². The Balaban J connectivity index is 2.17. The molecule has 0 saturated heterocycles. The molecule has 18 heavy (non-hydrogen) atoms. The van der Waals surface area contributed by atoms with Gasteiger partial charge in [-0.25, -0.2) is 0 Å². The molecule has 2 rings (SSSR count). The highest BCUT2D eigenvalue weighted by atomic mass is 16.5. The summed E-state index contributed by atoms with van der Waals surface area (Å²) in [5.41, 5.74) is 2.29. The number of esters is 1. The molecular weight excluding hydrogens is 234 g/mol. The normalized spacial score (nSPS) is 14.6. The van der Waals surface area contributed by atoms with E-state index in [9.17, 15) is 9.59 Å². The number of rotatable bonds is 3. The second kappa shape index (κ2) is 4.80. The lowest BCUT2D eigenvalue weighted by molar-refractivity contribution is -0.143. The van der Waals surface area contributed by atoms with E-state index in [-0.39, 0.29) is 18.4 Å². The standard InChI is InChI=1S/C12H17N3O3/c1-4-18-10(16)7-15-6-5-9-11(12(15)17)8(2)14(3)13-9/h4-7H2,1-3H3. The molecule has 0 bridgehead atoms. The van der Waals surface area contributed by atoms with Gasteiger partial charge in [0, 0.05) is 25.7 Å². The van der Waals surface area contributed by atoms with Gasteiger partial charge in [-0.2, -0.15) is 5.10 Å². The number of amides is 1. The molecule has 1 aromatic heterocycles. The Morgan fingerprint density at radius 2 is 2.22 bits per heavy atom. The lowest BCUT2D eigenvalue weighted by atomic mass is 10.1. The Morgan fingerprint density at radius 1 is 1.50 bits per heavy atom. The number of ether oxygens (including phenoxy) is 1. The van der Waals surface area contributed by atoms with Crippen LogP contribution in [0.2, 0.25) is 0 Å². The number of fused-ring (bicyclic) bond motifs is 1. The van der Waals surface area contributed by atoms with Gasteiger partial charge >= 0.3 is 5.97 Å². The second-order valence-corrected chi connectivity index (χ2v) is 4.31. The van der Waals surface area contributed by atoms with Crippen molar-refractivity contribution in [2.75, 3.05) is 19.7 Å². The van der Waals surface area contributed by atoms with E-state index in [0.29, 0.717) is 25.1 Å². The SMILES string of the molecule is CCOC(=O)CN1CCc2nn(C)c(C)c2C1=O. The van der Waals surface area contributed by atoms with Crippen LogP contribution in [-0.2, 0) is 23.0 Å². The smallest absolute Gasteiger partial charge is 0.325 e. The molecule has 0 saturated carbocycles. The summed E-state index contributed by atoms with van der Waals surface area (Å²) in [6, 6.07) is 0. The summed E-state index contributed by atoms with van der Waals surface area (Å²) < 4.78 is 6.57. The second-order valence-electron chi connectivity index (χ2n) is 4.31. The summed E-state index contributed by atoms with van der Waals surface area (Å²) in [5, 5.41) is 4.30. The van der Waals surface area contributed by atoms with Gasteiger partial charge in [-0.05, 0) is 13.8 Å². The predicted octanol–water partition coefficient (Wildman–Crippen LogP) is 0.290. The number of aromatic nitrogens is 2. The van der Waals surface area contributed by atoms with Gasteiger partial charge in [0.25, 0.3) is 5.91 Å². The van der Waals surface area contributed by atoms with E-state index < -0.39 is 0 Å². The number of aryl methyl sites for hydroxylation is 1. The third kappa shape index (κ3) is 2.10. The topological polar surface area (TPSA) is 64.4 Å². The third-order valence-corrected chi connectivity index (χ3v) is 3.15. The van der Waals surface area contributed by atoms with Crippen molar-refractivity contribution in [2.45, 2.75) is 20.3 Å². The summed E-state index contributed by atoms with van der Waals surface area (Å²) >= 11 is 0. The van der Waals surface area contributed by atoms with Crippen molar-refractivity contribution >= 4 is 11.9 Å². The van der Waals surface area contributed by atoms with Gasteiger partial charge in [-0.1, -0.05) is 0 Å². The van der Waals surface area contributed by atoms with E-state index in [4.69, 9.17) is 4.74 Å². The molecule has 0 unspecified atom stereocenters. The van der Waals surface area contributed by atoms with Crippen LogP contribution in [0.3, 0.4) is 0 Å². The highest BCUT2D eigenvalue weighted by molar-refractivity contribution is 5.98. The number of carbonyl (C=O) groups excluding carboxylic acids is 2. The zero-order valence-electron chi connectivity index (χ0n) is 10.9. The van der Waals surface area contributed by atoms with Crippen molar-refractivity contribution in [2.24, 2.45) is 7.05 Å². The Bertz CT molecular complexity index is 493. The lowest BCUT2D eigenvalue weighted by Crippen LogP contribution is -2.41. The van der Waals surface area contributed by atoms with Gasteiger partial charge in [0.05, 0.1) is 17.9 Å². The summed E-state index contributed by atoms with van der Waals surface area (Å²) in [5.74, 6) is -0.495. The largest absolute Gasteiger partial charge is 0.465 e. The Hall–Kier alpha value is -1.85. The van der Waals surface area contributed by atoms with E-state index in [1.807, 2.05) is 14.0 Å². The predicted molar refractivity (Wildman–Crippen MR) is 64.2 cm³/mol. The molecule has 2 heterocycles. The van der Waals surface area contributed by atoms with Gasteiger partial charge in [0.15, 0.2) is 0 Å². The van der Waals surface area contributed by atoms with E-state index in [2.05, 4.69) is 5.10 Å². The summed E-state index contributed by atoms with van der Waals surface area (Å²) in [7, 11) is 1.82. The van der Waals surface area contributed by atoms with E-state index in [1.54, 1.807) is 11.6 Å². The highest BCUT2D eigenvalue weighted by Gasteiger charge is 2.30. The maximum atomic E-state index is 12.3. The zero-order valence-corrected chi connectivity index (χ0v) is 10.9. The molecule has 0 aromatic carbocycles. The molecule has 6 heteroatoms. The van der Waals surface area contributed by atoms with Crippen LogP contribution < -0.4 is 0 Å². The van der Waals surface area contributed by atoms with Gasteiger partial charge in [-0.3, -0.25) is 14.3 Å². The average molecular weight is 251 g/mol. The molecular formula is C12H17N3O3. The molecule has 0 aliphatic carbocycles. The summed E-state index contributed by atoms with van der Waals surface area (Å²) in [4.78, 5) is 25.2. The maximum absolute atomic E-state index is 12.3. The van der Waals surface area contributed by atoms with Crippen LogP contribution in [-0.4, -0.2) is 46.3 Å². The molecule has 1 aliphatic rings. The molecule has 1 amide bonds. The molecule has 1 aromatic rings. The van der Waals surface area contributed by atoms with Crippen molar-refractivity contribution in [3.8, 4) is 0 Å². The maximum Gasteiger partial charge on any atom is 0.325 e. The van der Waals surface area contributed by atoms with Gasteiger partial charge in [-0.15, -0.1) is 0 Å². The van der Waals surface area contributed by atoms with E-state index in [0.717, 1.165) is 11.4 Å². The number of carbonyl (C=O) groups is 2. The van der Waals surface area contributed by atoms with Crippen molar-refractivity contribution in [3.05, 3.63) is 17.0 Å². The van der Waals surface area contributed by atoms with Crippen LogP contribution in [0, 0.1) is 6.92 Å². The monoisotopic (exact) mass is 251 g/mol. The van der Waals surface area contributed by atoms with Crippen molar-refractivity contribution in [3.63, 3.8) is 0 Å². The van der Waals surface area contributed by atoms with Crippen LogP contribution in [0.4, 0.5) is 0 Å². The summed E-state index contributed by atoms with van der Waals surface area (Å²) in [6.07, 6.45) is 0.683. The number of hydrogen-bond donors (Lipinski definition) is 0. The van der Waals surface area contributed by atoms with Crippen molar-refractivity contribution < 1.29 is 14.3 Å². The highest BCUT2D eigenvalue weighted by Crippen LogP contribution is 2.20. The fourth-order valence-electron chi connectivity index (χ4n) is 2.14. The number of nitrogens with zero attached hydrogens (tertiary/aromatic N) is 3. The Morgan fingerprint density at radius 3 is 2.89 bits per heavy atom.